The Hall–Kier alpha value is -1.47. The Morgan fingerprint density at radius 1 is 0.733 bits per heavy atom. The summed E-state index contributed by atoms with van der Waals surface area (Å²) in [4.78, 5) is 0. The third kappa shape index (κ3) is 1.71. The number of hydrogen-bond acceptors (Lipinski definition) is 1. The van der Waals surface area contributed by atoms with Crippen LogP contribution in [0.3, 0.4) is 0 Å². The molecule has 0 atom stereocenters. The van der Waals surface area contributed by atoms with Crippen molar-refractivity contribution in [2.75, 3.05) is 5.73 Å². The maximum atomic E-state index is 12.6. The van der Waals surface area contributed by atoms with Gasteiger partial charge in [-0.05, 0) is 0 Å². The summed E-state index contributed by atoms with van der Waals surface area (Å²) < 4.78 is 86.0. The van der Waals surface area contributed by atoms with E-state index in [0.29, 0.717) is 0 Å². The molecule has 0 saturated heterocycles. The van der Waals surface area contributed by atoms with Gasteiger partial charge in [0.25, 0.3) is 0 Å². The fourth-order valence-electron chi connectivity index (χ4n) is 0.926. The second-order valence-electron chi connectivity index (χ2n) is 2.54. The van der Waals surface area contributed by atoms with Gasteiger partial charge in [0.2, 0.25) is 0 Å². The third-order valence-electron chi connectivity index (χ3n) is 1.59. The molecule has 15 heavy (non-hydrogen) atoms. The molecule has 0 unspecified atom stereocenters. The Labute approximate surface area is 78.3 Å². The van der Waals surface area contributed by atoms with E-state index in [9.17, 15) is 30.7 Å². The standard InChI is InChI=1S/C7H2F7N/c8-2-1(7(12,13)14)6(15)5(11)4(10)3(2)9/h15H2. The second-order valence-corrected chi connectivity index (χ2v) is 2.54. The number of alkyl halides is 3. The van der Waals surface area contributed by atoms with Gasteiger partial charge in [-0.1, -0.05) is 0 Å². The molecule has 0 fully saturated rings. The van der Waals surface area contributed by atoms with Crippen LogP contribution in [0.25, 0.3) is 0 Å². The Morgan fingerprint density at radius 3 is 1.53 bits per heavy atom. The molecule has 0 saturated carbocycles. The lowest BCUT2D eigenvalue weighted by atomic mass is 10.1. The van der Waals surface area contributed by atoms with Crippen LogP contribution in [-0.4, -0.2) is 0 Å². The molecular formula is C7H2F7N. The predicted molar refractivity (Wildman–Crippen MR) is 35.7 cm³/mol. The number of rotatable bonds is 0. The summed E-state index contributed by atoms with van der Waals surface area (Å²) in [6.07, 6.45) is -5.40. The molecule has 1 nitrogen and oxygen atoms in total. The molecule has 0 radical (unpaired) electrons. The smallest absolute Gasteiger partial charge is 0.396 e. The number of benzene rings is 1. The van der Waals surface area contributed by atoms with Crippen LogP contribution in [0.4, 0.5) is 36.4 Å². The van der Waals surface area contributed by atoms with E-state index in [0.717, 1.165) is 0 Å². The van der Waals surface area contributed by atoms with Gasteiger partial charge in [-0.3, -0.25) is 0 Å². The Bertz CT molecular complexity index is 380. The molecular weight excluding hydrogens is 231 g/mol. The van der Waals surface area contributed by atoms with E-state index in [1.165, 1.54) is 0 Å². The van der Waals surface area contributed by atoms with Gasteiger partial charge in [-0.15, -0.1) is 0 Å². The Morgan fingerprint density at radius 2 is 1.13 bits per heavy atom. The molecule has 1 aromatic carbocycles. The summed E-state index contributed by atoms with van der Waals surface area (Å²) in [6, 6.07) is 0. The fourth-order valence-corrected chi connectivity index (χ4v) is 0.926. The molecule has 84 valence electrons. The van der Waals surface area contributed by atoms with Gasteiger partial charge < -0.3 is 5.73 Å². The zero-order valence-electron chi connectivity index (χ0n) is 6.72. The lowest BCUT2D eigenvalue weighted by Gasteiger charge is -2.12. The molecule has 1 aromatic rings. The SMILES string of the molecule is Nc1c(F)c(F)c(F)c(F)c1C(F)(F)F. The van der Waals surface area contributed by atoms with E-state index >= 15 is 0 Å². The van der Waals surface area contributed by atoms with Crippen molar-refractivity contribution in [1.82, 2.24) is 0 Å². The zero-order chi connectivity index (χ0) is 12.0. The quantitative estimate of drug-likeness (QED) is 0.317. The van der Waals surface area contributed by atoms with Crippen molar-refractivity contribution in [3.8, 4) is 0 Å². The summed E-state index contributed by atoms with van der Waals surface area (Å²) in [5.74, 6) is -9.74. The number of hydrogen-bond donors (Lipinski definition) is 1. The summed E-state index contributed by atoms with van der Waals surface area (Å²) in [7, 11) is 0. The number of nitrogens with two attached hydrogens (primary N) is 1. The van der Waals surface area contributed by atoms with E-state index in [1.807, 2.05) is 0 Å². The third-order valence-corrected chi connectivity index (χ3v) is 1.59. The average Bonchev–Trinajstić information content (AvgIpc) is 2.09. The Kier molecular flexibility index (Phi) is 2.54. The number of anilines is 1. The van der Waals surface area contributed by atoms with Crippen LogP contribution in [0.2, 0.25) is 0 Å². The summed E-state index contributed by atoms with van der Waals surface area (Å²) in [5.41, 5.74) is 0.343. The Balaban J connectivity index is 3.68. The topological polar surface area (TPSA) is 26.0 Å². The number of nitrogen functional groups attached to an aromatic ring is 1. The first-order chi connectivity index (χ1) is 6.68. The van der Waals surface area contributed by atoms with Crippen molar-refractivity contribution in [2.24, 2.45) is 0 Å². The van der Waals surface area contributed by atoms with Gasteiger partial charge in [-0.2, -0.15) is 13.2 Å². The van der Waals surface area contributed by atoms with Gasteiger partial charge >= 0.3 is 6.18 Å². The highest BCUT2D eigenvalue weighted by atomic mass is 19.4. The predicted octanol–water partition coefficient (Wildman–Crippen LogP) is 2.84. The maximum Gasteiger partial charge on any atom is 0.421 e. The summed E-state index contributed by atoms with van der Waals surface area (Å²) >= 11 is 0. The maximum absolute atomic E-state index is 12.6. The van der Waals surface area contributed by atoms with Crippen molar-refractivity contribution in [3.63, 3.8) is 0 Å². The van der Waals surface area contributed by atoms with Gasteiger partial charge in [0.05, 0.1) is 5.69 Å². The first-order valence-electron chi connectivity index (χ1n) is 3.36. The van der Waals surface area contributed by atoms with Crippen LogP contribution in [0.5, 0.6) is 0 Å². The zero-order valence-corrected chi connectivity index (χ0v) is 6.72. The van der Waals surface area contributed by atoms with E-state index in [2.05, 4.69) is 5.73 Å². The van der Waals surface area contributed by atoms with Crippen molar-refractivity contribution in [1.29, 1.82) is 0 Å². The highest BCUT2D eigenvalue weighted by Gasteiger charge is 2.41. The van der Waals surface area contributed by atoms with Crippen molar-refractivity contribution >= 4 is 5.69 Å². The van der Waals surface area contributed by atoms with Crippen molar-refractivity contribution in [3.05, 3.63) is 28.8 Å². The largest absolute Gasteiger partial charge is 0.421 e. The molecule has 0 aliphatic heterocycles. The molecule has 2 N–H and O–H groups in total. The van der Waals surface area contributed by atoms with Crippen LogP contribution >= 0.6 is 0 Å². The van der Waals surface area contributed by atoms with E-state index in [-0.39, 0.29) is 0 Å². The molecule has 0 heterocycles. The first-order valence-corrected chi connectivity index (χ1v) is 3.36. The molecule has 0 spiro atoms. The minimum Gasteiger partial charge on any atom is -0.396 e. The van der Waals surface area contributed by atoms with E-state index in [4.69, 9.17) is 0 Å². The summed E-state index contributed by atoms with van der Waals surface area (Å²) in [5, 5.41) is 0. The van der Waals surface area contributed by atoms with Gasteiger partial charge in [0.15, 0.2) is 23.3 Å². The molecule has 0 bridgehead atoms. The molecule has 0 aromatic heterocycles. The molecule has 8 heteroatoms. The van der Waals surface area contributed by atoms with Crippen LogP contribution in [0.15, 0.2) is 0 Å². The summed E-state index contributed by atoms with van der Waals surface area (Å²) in [6.45, 7) is 0. The van der Waals surface area contributed by atoms with Crippen molar-refractivity contribution in [2.45, 2.75) is 6.18 Å². The molecule has 1 rings (SSSR count). The highest BCUT2D eigenvalue weighted by Crippen LogP contribution is 2.38. The van der Waals surface area contributed by atoms with Gasteiger partial charge in [-0.25, -0.2) is 17.6 Å². The fraction of sp³-hybridized carbons (Fsp3) is 0.143. The van der Waals surface area contributed by atoms with Crippen molar-refractivity contribution < 1.29 is 30.7 Å². The van der Waals surface area contributed by atoms with Crippen LogP contribution in [0.1, 0.15) is 5.56 Å². The average molecular weight is 233 g/mol. The highest BCUT2D eigenvalue weighted by molar-refractivity contribution is 5.51. The van der Waals surface area contributed by atoms with Gasteiger partial charge in [0, 0.05) is 0 Å². The molecule has 0 amide bonds. The number of halogens is 7. The first kappa shape index (κ1) is 11.6. The van der Waals surface area contributed by atoms with E-state index < -0.39 is 40.7 Å². The van der Waals surface area contributed by atoms with Crippen LogP contribution in [0, 0.1) is 23.3 Å². The monoisotopic (exact) mass is 233 g/mol. The normalized spacial score (nSPS) is 11.9. The minimum absolute atomic E-state index is 1.81. The van der Waals surface area contributed by atoms with Crippen LogP contribution < -0.4 is 5.73 Å². The van der Waals surface area contributed by atoms with Gasteiger partial charge in [0.1, 0.15) is 5.56 Å². The lowest BCUT2D eigenvalue weighted by molar-refractivity contribution is -0.139. The second kappa shape index (κ2) is 3.28. The minimum atomic E-state index is -5.40. The lowest BCUT2D eigenvalue weighted by Crippen LogP contribution is -2.16. The van der Waals surface area contributed by atoms with Crippen LogP contribution in [-0.2, 0) is 6.18 Å². The molecule has 0 aliphatic carbocycles. The molecule has 0 aliphatic rings. The van der Waals surface area contributed by atoms with E-state index in [1.54, 1.807) is 0 Å².